The van der Waals surface area contributed by atoms with Crippen LogP contribution < -0.4 is 4.74 Å². The Morgan fingerprint density at radius 3 is 2.67 bits per heavy atom. The maximum absolute atomic E-state index is 6.11. The summed E-state index contributed by atoms with van der Waals surface area (Å²) in [7, 11) is 0. The van der Waals surface area contributed by atoms with Crippen molar-refractivity contribution in [3.8, 4) is 5.75 Å². The van der Waals surface area contributed by atoms with Crippen molar-refractivity contribution in [1.29, 1.82) is 0 Å². The van der Waals surface area contributed by atoms with Crippen molar-refractivity contribution in [1.82, 2.24) is 4.90 Å². The lowest BCUT2D eigenvalue weighted by molar-refractivity contribution is 0.251. The van der Waals surface area contributed by atoms with Crippen molar-refractivity contribution >= 4 is 23.5 Å². The predicted octanol–water partition coefficient (Wildman–Crippen LogP) is 4.74. The third kappa shape index (κ3) is 3.88. The third-order valence-corrected chi connectivity index (χ3v) is 3.68. The molecule has 1 saturated heterocycles. The molecule has 21 heavy (non-hydrogen) atoms. The molecule has 3 nitrogen and oxygen atoms in total. The molecule has 4 heteroatoms. The zero-order valence-corrected chi connectivity index (χ0v) is 13.4. The Kier molecular flexibility index (Phi) is 5.45. The maximum Gasteiger partial charge on any atom is 0.188 e. The molecule has 0 aliphatic carbocycles. The summed E-state index contributed by atoms with van der Waals surface area (Å²) in [6.07, 6.45) is 6.08. The summed E-state index contributed by atoms with van der Waals surface area (Å²) >= 11 is 6.11. The van der Waals surface area contributed by atoms with Crippen molar-refractivity contribution in [2.75, 3.05) is 13.1 Å². The standard InChI is InChI=1S/C17H21ClN2O/c1-4-16(19-5-2)15-12-14(18)8-9-17(15)21-13(3)20-10-6-7-11-20/h4-5,8-9,12H,3,6-7,10-11H2,1-2H3/b16-4-,19-5?. The number of allylic oxidation sites excluding steroid dienone is 1. The second-order valence-corrected chi connectivity index (χ2v) is 5.33. The van der Waals surface area contributed by atoms with Crippen LogP contribution in [0.4, 0.5) is 0 Å². The van der Waals surface area contributed by atoms with Gasteiger partial charge in [-0.1, -0.05) is 17.7 Å². The summed E-state index contributed by atoms with van der Waals surface area (Å²) < 4.78 is 5.97. The number of ether oxygens (including phenoxy) is 1. The lowest BCUT2D eigenvalue weighted by atomic mass is 10.1. The highest BCUT2D eigenvalue weighted by Crippen LogP contribution is 2.31. The van der Waals surface area contributed by atoms with E-state index in [1.165, 1.54) is 12.8 Å². The highest BCUT2D eigenvalue weighted by atomic mass is 35.5. The Balaban J connectivity index is 2.28. The molecule has 0 atom stereocenters. The Morgan fingerprint density at radius 2 is 2.05 bits per heavy atom. The molecule has 1 heterocycles. The van der Waals surface area contributed by atoms with Crippen LogP contribution in [0.5, 0.6) is 5.75 Å². The zero-order valence-electron chi connectivity index (χ0n) is 12.6. The highest BCUT2D eigenvalue weighted by molar-refractivity contribution is 6.30. The smallest absolute Gasteiger partial charge is 0.188 e. The van der Waals surface area contributed by atoms with Crippen LogP contribution in [0.3, 0.4) is 0 Å². The molecule has 1 fully saturated rings. The van der Waals surface area contributed by atoms with Gasteiger partial charge in [0.05, 0.1) is 5.70 Å². The summed E-state index contributed by atoms with van der Waals surface area (Å²) in [4.78, 5) is 6.54. The normalized spacial score (nSPS) is 15.8. The van der Waals surface area contributed by atoms with Crippen molar-refractivity contribution in [3.63, 3.8) is 0 Å². The number of hydrogen-bond donors (Lipinski definition) is 0. The minimum atomic E-state index is 0.662. The van der Waals surface area contributed by atoms with Gasteiger partial charge in [-0.3, -0.25) is 4.99 Å². The Hall–Kier alpha value is -1.74. The van der Waals surface area contributed by atoms with Gasteiger partial charge in [-0.05, 0) is 51.5 Å². The lowest BCUT2D eigenvalue weighted by Gasteiger charge is -2.21. The number of benzene rings is 1. The maximum atomic E-state index is 6.11. The van der Waals surface area contributed by atoms with Gasteiger partial charge in [-0.25, -0.2) is 0 Å². The van der Waals surface area contributed by atoms with Crippen LogP contribution in [0.15, 0.2) is 41.7 Å². The number of hydrogen-bond acceptors (Lipinski definition) is 3. The van der Waals surface area contributed by atoms with E-state index in [1.807, 2.05) is 38.1 Å². The first-order valence-corrected chi connectivity index (χ1v) is 7.60. The van der Waals surface area contributed by atoms with Crippen LogP contribution in [-0.2, 0) is 0 Å². The fourth-order valence-corrected chi connectivity index (χ4v) is 2.56. The van der Waals surface area contributed by atoms with Gasteiger partial charge in [0.2, 0.25) is 0 Å². The molecule has 0 aromatic heterocycles. The average molecular weight is 305 g/mol. The first kappa shape index (κ1) is 15.6. The molecule has 112 valence electrons. The van der Waals surface area contributed by atoms with Crippen molar-refractivity contribution < 1.29 is 4.74 Å². The lowest BCUT2D eigenvalue weighted by Crippen LogP contribution is -2.21. The third-order valence-electron chi connectivity index (χ3n) is 3.45. The van der Waals surface area contributed by atoms with Crippen molar-refractivity contribution in [2.24, 2.45) is 4.99 Å². The topological polar surface area (TPSA) is 24.8 Å². The minimum Gasteiger partial charge on any atom is -0.441 e. The van der Waals surface area contributed by atoms with Gasteiger partial charge in [0.15, 0.2) is 5.88 Å². The predicted molar refractivity (Wildman–Crippen MR) is 89.8 cm³/mol. The van der Waals surface area contributed by atoms with Gasteiger partial charge < -0.3 is 9.64 Å². The molecule has 0 saturated carbocycles. The molecular formula is C17H21ClN2O. The van der Waals surface area contributed by atoms with E-state index < -0.39 is 0 Å². The average Bonchev–Trinajstić information content (AvgIpc) is 3.01. The molecule has 1 aromatic carbocycles. The zero-order chi connectivity index (χ0) is 15.2. The summed E-state index contributed by atoms with van der Waals surface area (Å²) in [5, 5.41) is 0.662. The first-order valence-electron chi connectivity index (χ1n) is 7.22. The van der Waals surface area contributed by atoms with E-state index in [0.29, 0.717) is 10.9 Å². The number of rotatable bonds is 5. The van der Waals surface area contributed by atoms with Crippen LogP contribution in [-0.4, -0.2) is 24.2 Å². The summed E-state index contributed by atoms with van der Waals surface area (Å²) in [6.45, 7) is 9.88. The van der Waals surface area contributed by atoms with Gasteiger partial charge in [0, 0.05) is 29.9 Å². The summed E-state index contributed by atoms with van der Waals surface area (Å²) in [5.74, 6) is 1.42. The molecule has 0 unspecified atom stereocenters. The fraction of sp³-hybridized carbons (Fsp3) is 0.353. The van der Waals surface area contributed by atoms with Gasteiger partial charge in [-0.15, -0.1) is 0 Å². The number of halogens is 1. The van der Waals surface area contributed by atoms with Crippen molar-refractivity contribution in [3.05, 3.63) is 47.3 Å². The number of nitrogens with zero attached hydrogens (tertiary/aromatic N) is 2. The van der Waals surface area contributed by atoms with E-state index in [0.717, 1.165) is 30.1 Å². The highest BCUT2D eigenvalue weighted by Gasteiger charge is 2.17. The van der Waals surface area contributed by atoms with E-state index in [2.05, 4.69) is 16.5 Å². The Labute approximate surface area is 131 Å². The molecule has 2 rings (SSSR count). The van der Waals surface area contributed by atoms with E-state index >= 15 is 0 Å². The first-order chi connectivity index (χ1) is 10.2. The number of aliphatic imine (C=N–C) groups is 1. The molecule has 0 N–H and O–H groups in total. The fourth-order valence-electron chi connectivity index (χ4n) is 2.39. The molecule has 0 radical (unpaired) electrons. The SMILES string of the molecule is C=C(Oc1ccc(Cl)cc1/C(=C/C)N=CC)N1CCCC1. The Bertz CT molecular complexity index is 572. The van der Waals surface area contributed by atoms with Gasteiger partial charge in [0.1, 0.15) is 5.75 Å². The molecule has 0 amide bonds. The molecule has 1 aliphatic rings. The van der Waals surface area contributed by atoms with Gasteiger partial charge in [0.25, 0.3) is 0 Å². The van der Waals surface area contributed by atoms with E-state index in [4.69, 9.17) is 16.3 Å². The van der Waals surface area contributed by atoms with Crippen LogP contribution >= 0.6 is 11.6 Å². The summed E-state index contributed by atoms with van der Waals surface area (Å²) in [5.41, 5.74) is 1.72. The van der Waals surface area contributed by atoms with E-state index in [1.54, 1.807) is 6.21 Å². The number of likely N-dealkylation sites (tertiary alicyclic amines) is 1. The van der Waals surface area contributed by atoms with Crippen LogP contribution in [0, 0.1) is 0 Å². The monoisotopic (exact) mass is 304 g/mol. The van der Waals surface area contributed by atoms with Gasteiger partial charge >= 0.3 is 0 Å². The largest absolute Gasteiger partial charge is 0.441 e. The molecule has 0 bridgehead atoms. The van der Waals surface area contributed by atoms with Crippen LogP contribution in [0.1, 0.15) is 32.3 Å². The van der Waals surface area contributed by atoms with E-state index in [9.17, 15) is 0 Å². The molecule has 1 aromatic rings. The molecule has 0 spiro atoms. The van der Waals surface area contributed by atoms with Crippen LogP contribution in [0.25, 0.3) is 5.70 Å². The molecular weight excluding hydrogens is 284 g/mol. The summed E-state index contributed by atoms with van der Waals surface area (Å²) in [6, 6.07) is 5.56. The van der Waals surface area contributed by atoms with Crippen molar-refractivity contribution in [2.45, 2.75) is 26.7 Å². The minimum absolute atomic E-state index is 0.662. The second kappa shape index (κ2) is 7.32. The Morgan fingerprint density at radius 1 is 1.33 bits per heavy atom. The quantitative estimate of drug-likeness (QED) is 0.580. The second-order valence-electron chi connectivity index (χ2n) is 4.89. The van der Waals surface area contributed by atoms with Gasteiger partial charge in [-0.2, -0.15) is 0 Å². The van der Waals surface area contributed by atoms with E-state index in [-0.39, 0.29) is 0 Å². The molecule has 1 aliphatic heterocycles. The van der Waals surface area contributed by atoms with Crippen LogP contribution in [0.2, 0.25) is 5.02 Å².